The molecule has 0 heterocycles. The van der Waals surface area contributed by atoms with Crippen molar-refractivity contribution >= 4 is 0 Å². The fourth-order valence-corrected chi connectivity index (χ4v) is 3.85. The molecule has 0 aliphatic carbocycles. The first-order valence-corrected chi connectivity index (χ1v) is 11.4. The summed E-state index contributed by atoms with van der Waals surface area (Å²) in [5.74, 6) is 0.260. The Hall–Kier alpha value is -2.62. The lowest BCUT2D eigenvalue weighted by molar-refractivity contribution is 0.0220. The molecule has 0 saturated carbocycles. The molecule has 31 heavy (non-hydrogen) atoms. The molecule has 0 radical (unpaired) electrons. The summed E-state index contributed by atoms with van der Waals surface area (Å²) >= 11 is 0. The summed E-state index contributed by atoms with van der Waals surface area (Å²) < 4.78 is 12.6. The highest BCUT2D eigenvalue weighted by molar-refractivity contribution is 5.38. The van der Waals surface area contributed by atoms with Gasteiger partial charge in [-0.2, -0.15) is 0 Å². The van der Waals surface area contributed by atoms with Crippen LogP contribution in [0.1, 0.15) is 74.0 Å². The Morgan fingerprint density at radius 3 is 1.68 bits per heavy atom. The number of hydrogen-bond donors (Lipinski definition) is 1. The molecule has 0 aliphatic heterocycles. The molecule has 2 atom stereocenters. The summed E-state index contributed by atoms with van der Waals surface area (Å²) in [6, 6.07) is 26.3. The van der Waals surface area contributed by atoms with Gasteiger partial charge in [0.15, 0.2) is 0 Å². The van der Waals surface area contributed by atoms with Crippen LogP contribution in [0.15, 0.2) is 78.9 Å². The van der Waals surface area contributed by atoms with Crippen molar-refractivity contribution in [1.82, 2.24) is 0 Å². The van der Waals surface area contributed by atoms with E-state index in [2.05, 4.69) is 38.1 Å². The van der Waals surface area contributed by atoms with E-state index in [4.69, 9.17) is 9.47 Å². The van der Waals surface area contributed by atoms with Gasteiger partial charge < -0.3 is 14.6 Å². The zero-order valence-corrected chi connectivity index (χ0v) is 18.7. The molecule has 0 spiro atoms. The van der Waals surface area contributed by atoms with Gasteiger partial charge in [0.05, 0.1) is 25.4 Å². The topological polar surface area (TPSA) is 38.7 Å². The van der Waals surface area contributed by atoms with Crippen LogP contribution in [0.2, 0.25) is 0 Å². The Labute approximate surface area is 186 Å². The van der Waals surface area contributed by atoms with Crippen LogP contribution < -0.4 is 0 Å². The molecule has 0 bridgehead atoms. The molecule has 3 nitrogen and oxygen atoms in total. The van der Waals surface area contributed by atoms with E-state index in [0.717, 1.165) is 36.8 Å². The fourth-order valence-electron chi connectivity index (χ4n) is 3.85. The number of benzene rings is 3. The Bertz CT molecular complexity index is 893. The first-order valence-electron chi connectivity index (χ1n) is 11.4. The van der Waals surface area contributed by atoms with Gasteiger partial charge in [0.2, 0.25) is 0 Å². The lowest BCUT2D eigenvalue weighted by atomic mass is 10.0. The van der Waals surface area contributed by atoms with Crippen molar-refractivity contribution in [2.45, 2.75) is 65.0 Å². The summed E-state index contributed by atoms with van der Waals surface area (Å²) in [5, 5.41) is 10.6. The second-order valence-electron chi connectivity index (χ2n) is 7.91. The number of rotatable bonds is 12. The van der Waals surface area contributed by atoms with Crippen LogP contribution in [0.4, 0.5) is 0 Å². The van der Waals surface area contributed by atoms with Crippen molar-refractivity contribution in [3.63, 3.8) is 0 Å². The Balaban J connectivity index is 1.72. The van der Waals surface area contributed by atoms with E-state index < -0.39 is 0 Å². The van der Waals surface area contributed by atoms with E-state index in [-0.39, 0.29) is 18.0 Å². The third-order valence-electron chi connectivity index (χ3n) is 5.56. The van der Waals surface area contributed by atoms with Crippen molar-refractivity contribution < 1.29 is 14.6 Å². The van der Waals surface area contributed by atoms with Gasteiger partial charge >= 0.3 is 0 Å². The van der Waals surface area contributed by atoms with Crippen molar-refractivity contribution in [3.05, 3.63) is 101 Å². The summed E-state index contributed by atoms with van der Waals surface area (Å²) in [7, 11) is 0. The smallest absolute Gasteiger partial charge is 0.121 e. The minimum atomic E-state index is 0.0109. The molecular formula is C28H34O3. The highest BCUT2D eigenvalue weighted by Gasteiger charge is 2.16. The molecule has 0 aliphatic rings. The average molecular weight is 419 g/mol. The summed E-state index contributed by atoms with van der Waals surface area (Å²) in [5.41, 5.74) is 4.14. The summed E-state index contributed by atoms with van der Waals surface area (Å²) in [6.07, 6.45) is 4.03. The van der Waals surface area contributed by atoms with Crippen LogP contribution in [-0.2, 0) is 22.7 Å². The van der Waals surface area contributed by atoms with Crippen LogP contribution in [-0.4, -0.2) is 5.11 Å². The fraction of sp³-hybridized carbons (Fsp3) is 0.357. The van der Waals surface area contributed by atoms with Crippen molar-refractivity contribution in [3.8, 4) is 5.75 Å². The summed E-state index contributed by atoms with van der Waals surface area (Å²) in [4.78, 5) is 0. The van der Waals surface area contributed by atoms with Crippen LogP contribution in [0, 0.1) is 0 Å². The van der Waals surface area contributed by atoms with Crippen LogP contribution in [0.3, 0.4) is 0 Å². The Morgan fingerprint density at radius 2 is 1.16 bits per heavy atom. The molecule has 164 valence electrons. The van der Waals surface area contributed by atoms with Gasteiger partial charge in [0.1, 0.15) is 5.75 Å². The summed E-state index contributed by atoms with van der Waals surface area (Å²) in [6.45, 7) is 5.13. The van der Waals surface area contributed by atoms with E-state index in [9.17, 15) is 5.11 Å². The standard InChI is InChI=1S/C28H34O3/c1-3-12-27(22-14-7-5-8-15-22)30-20-24-18-11-19-26(29)25(24)21-31-28(13-4-2)23-16-9-6-10-17-23/h5-11,14-19,27-29H,3-4,12-13,20-21H2,1-2H3. The van der Waals surface area contributed by atoms with Crippen LogP contribution in [0.25, 0.3) is 0 Å². The van der Waals surface area contributed by atoms with Gasteiger partial charge in [-0.15, -0.1) is 0 Å². The van der Waals surface area contributed by atoms with Gasteiger partial charge in [-0.1, -0.05) is 99.5 Å². The molecular weight excluding hydrogens is 384 g/mol. The molecule has 2 unspecified atom stereocenters. The molecule has 1 N–H and O–H groups in total. The third-order valence-corrected chi connectivity index (χ3v) is 5.56. The normalized spacial score (nSPS) is 13.1. The lowest BCUT2D eigenvalue weighted by Gasteiger charge is -2.21. The maximum Gasteiger partial charge on any atom is 0.121 e. The van der Waals surface area contributed by atoms with Crippen molar-refractivity contribution in [2.24, 2.45) is 0 Å². The first-order chi connectivity index (χ1) is 15.2. The number of phenols is 1. The largest absolute Gasteiger partial charge is 0.508 e. The van der Waals surface area contributed by atoms with Gasteiger partial charge in [0, 0.05) is 5.56 Å². The maximum atomic E-state index is 10.6. The minimum Gasteiger partial charge on any atom is -0.508 e. The Morgan fingerprint density at radius 1 is 0.645 bits per heavy atom. The van der Waals surface area contributed by atoms with Gasteiger partial charge in [0.25, 0.3) is 0 Å². The molecule has 3 heteroatoms. The second-order valence-corrected chi connectivity index (χ2v) is 7.91. The Kier molecular flexibility index (Phi) is 9.14. The van der Waals surface area contributed by atoms with E-state index in [1.165, 1.54) is 11.1 Å². The monoisotopic (exact) mass is 418 g/mol. The molecule has 3 aromatic rings. The highest BCUT2D eigenvalue weighted by atomic mass is 16.5. The molecule has 3 rings (SSSR count). The van der Waals surface area contributed by atoms with E-state index >= 15 is 0 Å². The SMILES string of the molecule is CCCC(OCc1cccc(O)c1COC(CCC)c1ccccc1)c1ccccc1. The zero-order valence-electron chi connectivity index (χ0n) is 18.7. The number of aromatic hydroxyl groups is 1. The molecule has 0 saturated heterocycles. The number of ether oxygens (including phenoxy) is 2. The second kappa shape index (κ2) is 12.3. The third kappa shape index (κ3) is 6.68. The first kappa shape index (κ1) is 23.1. The van der Waals surface area contributed by atoms with E-state index in [1.807, 2.05) is 48.5 Å². The molecule has 0 aromatic heterocycles. The number of hydrogen-bond acceptors (Lipinski definition) is 3. The van der Waals surface area contributed by atoms with Crippen molar-refractivity contribution in [1.29, 1.82) is 0 Å². The molecule has 0 fully saturated rings. The van der Waals surface area contributed by atoms with Gasteiger partial charge in [-0.3, -0.25) is 0 Å². The van der Waals surface area contributed by atoms with Crippen LogP contribution >= 0.6 is 0 Å². The molecule has 0 amide bonds. The maximum absolute atomic E-state index is 10.6. The predicted molar refractivity (Wildman–Crippen MR) is 126 cm³/mol. The van der Waals surface area contributed by atoms with E-state index in [0.29, 0.717) is 13.2 Å². The quantitative estimate of drug-likeness (QED) is 0.331. The molecule has 3 aromatic carbocycles. The lowest BCUT2D eigenvalue weighted by Crippen LogP contribution is -2.09. The van der Waals surface area contributed by atoms with Gasteiger partial charge in [-0.05, 0) is 35.6 Å². The van der Waals surface area contributed by atoms with Gasteiger partial charge in [-0.25, -0.2) is 0 Å². The number of phenolic OH excluding ortho intramolecular Hbond substituents is 1. The van der Waals surface area contributed by atoms with Crippen molar-refractivity contribution in [2.75, 3.05) is 0 Å². The predicted octanol–water partition coefficient (Wildman–Crippen LogP) is 7.51. The zero-order chi connectivity index (χ0) is 21.9. The van der Waals surface area contributed by atoms with E-state index in [1.54, 1.807) is 6.07 Å². The highest BCUT2D eigenvalue weighted by Crippen LogP contribution is 2.30. The minimum absolute atomic E-state index is 0.0109. The average Bonchev–Trinajstić information content (AvgIpc) is 2.81. The van der Waals surface area contributed by atoms with Crippen LogP contribution in [0.5, 0.6) is 5.75 Å².